The van der Waals surface area contributed by atoms with Crippen LogP contribution in [-0.2, 0) is 14.3 Å². The van der Waals surface area contributed by atoms with Crippen molar-refractivity contribution in [1.82, 2.24) is 5.32 Å². The summed E-state index contributed by atoms with van der Waals surface area (Å²) in [5, 5.41) is 23.8. The number of allylic oxidation sites excluding steroid dienone is 4. The Balaban J connectivity index is 4.43. The van der Waals surface area contributed by atoms with Gasteiger partial charge in [0.15, 0.2) is 0 Å². The third kappa shape index (κ3) is 46.7. The summed E-state index contributed by atoms with van der Waals surface area (Å²) < 4.78 is 5.93. The third-order valence-corrected chi connectivity index (χ3v) is 13.0. The van der Waals surface area contributed by atoms with Gasteiger partial charge in [-0.15, -0.1) is 0 Å². The van der Waals surface area contributed by atoms with Gasteiger partial charge in [0.1, 0.15) is 6.10 Å². The molecule has 0 aromatic heterocycles. The van der Waals surface area contributed by atoms with Crippen LogP contribution in [0.2, 0.25) is 0 Å². The molecule has 0 aliphatic carbocycles. The molecule has 0 radical (unpaired) electrons. The zero-order chi connectivity index (χ0) is 45.9. The summed E-state index contributed by atoms with van der Waals surface area (Å²) in [6, 6.07) is -0.704. The standard InChI is InChI=1S/C57H109NO5/c1-4-7-10-13-16-19-22-24-26-28-29-31-33-35-38-41-44-47-50-57(62)63-53(48-45-42-39-36-21-18-15-12-9-6-3)51-56(61)58-54(52-59)55(60)49-46-43-40-37-34-32-30-27-25-23-20-17-14-11-8-5-2/h18,21,29,31,53-55,59-60H,4-17,19-20,22-28,30,32-52H2,1-3H3,(H,58,61)/b21-18-,31-29+. The Morgan fingerprint density at radius 2 is 0.762 bits per heavy atom. The Kier molecular flexibility index (Phi) is 50.0. The monoisotopic (exact) mass is 888 g/mol. The van der Waals surface area contributed by atoms with E-state index in [2.05, 4.69) is 50.4 Å². The largest absolute Gasteiger partial charge is 0.462 e. The lowest BCUT2D eigenvalue weighted by molar-refractivity contribution is -0.151. The van der Waals surface area contributed by atoms with E-state index in [0.29, 0.717) is 19.3 Å². The van der Waals surface area contributed by atoms with E-state index in [4.69, 9.17) is 4.74 Å². The lowest BCUT2D eigenvalue weighted by Gasteiger charge is -2.24. The molecule has 0 bridgehead atoms. The summed E-state index contributed by atoms with van der Waals surface area (Å²) in [5.41, 5.74) is 0. The molecule has 0 fully saturated rings. The Labute approximate surface area is 392 Å². The lowest BCUT2D eigenvalue weighted by atomic mass is 10.0. The molecule has 6 heteroatoms. The van der Waals surface area contributed by atoms with Crippen molar-refractivity contribution >= 4 is 11.9 Å². The number of esters is 1. The Morgan fingerprint density at radius 1 is 0.444 bits per heavy atom. The second-order valence-corrected chi connectivity index (χ2v) is 19.3. The number of unbranched alkanes of at least 4 members (excludes halogenated alkanes) is 35. The summed E-state index contributed by atoms with van der Waals surface area (Å²) in [6.45, 7) is 6.48. The molecule has 1 amide bonds. The number of carbonyl (C=O) groups excluding carboxylic acids is 2. The smallest absolute Gasteiger partial charge is 0.306 e. The zero-order valence-electron chi connectivity index (χ0n) is 42.5. The van der Waals surface area contributed by atoms with Crippen molar-refractivity contribution in [2.24, 2.45) is 0 Å². The first kappa shape index (κ1) is 61.3. The van der Waals surface area contributed by atoms with Crippen molar-refractivity contribution in [3.8, 4) is 0 Å². The molecule has 0 saturated carbocycles. The summed E-state index contributed by atoms with van der Waals surface area (Å²) in [4.78, 5) is 26.2. The van der Waals surface area contributed by atoms with Gasteiger partial charge in [0.05, 0.1) is 25.2 Å². The third-order valence-electron chi connectivity index (χ3n) is 13.0. The van der Waals surface area contributed by atoms with E-state index < -0.39 is 18.2 Å². The van der Waals surface area contributed by atoms with Crippen LogP contribution < -0.4 is 5.32 Å². The van der Waals surface area contributed by atoms with Crippen LogP contribution in [0.3, 0.4) is 0 Å². The number of aliphatic hydroxyl groups excluding tert-OH is 2. The molecule has 0 aliphatic rings. The first-order valence-corrected chi connectivity index (χ1v) is 28.1. The van der Waals surface area contributed by atoms with Crippen molar-refractivity contribution in [3.05, 3.63) is 24.3 Å². The van der Waals surface area contributed by atoms with E-state index >= 15 is 0 Å². The second kappa shape index (κ2) is 51.3. The predicted molar refractivity (Wildman–Crippen MR) is 273 cm³/mol. The Hall–Kier alpha value is -1.66. The van der Waals surface area contributed by atoms with Gasteiger partial charge in [-0.05, 0) is 77.0 Å². The average molecular weight is 889 g/mol. The van der Waals surface area contributed by atoms with Gasteiger partial charge >= 0.3 is 5.97 Å². The molecule has 0 saturated heterocycles. The number of nitrogens with one attached hydrogen (secondary N) is 1. The van der Waals surface area contributed by atoms with E-state index in [1.165, 1.54) is 186 Å². The minimum atomic E-state index is -0.790. The minimum Gasteiger partial charge on any atom is -0.462 e. The van der Waals surface area contributed by atoms with Crippen LogP contribution in [0.15, 0.2) is 24.3 Å². The van der Waals surface area contributed by atoms with E-state index in [-0.39, 0.29) is 24.9 Å². The molecule has 63 heavy (non-hydrogen) atoms. The van der Waals surface area contributed by atoms with Crippen LogP contribution >= 0.6 is 0 Å². The number of ether oxygens (including phenoxy) is 1. The Bertz CT molecular complexity index is 997. The molecule has 0 heterocycles. The number of amides is 1. The highest BCUT2D eigenvalue weighted by Gasteiger charge is 2.24. The van der Waals surface area contributed by atoms with Crippen molar-refractivity contribution in [1.29, 1.82) is 0 Å². The second-order valence-electron chi connectivity index (χ2n) is 19.3. The molecule has 372 valence electrons. The van der Waals surface area contributed by atoms with Crippen LogP contribution in [0.1, 0.15) is 303 Å². The normalized spacial score (nSPS) is 13.3. The average Bonchev–Trinajstić information content (AvgIpc) is 3.28. The number of hydrogen-bond donors (Lipinski definition) is 3. The molecule has 0 aromatic carbocycles. The molecule has 6 nitrogen and oxygen atoms in total. The Morgan fingerprint density at radius 3 is 1.17 bits per heavy atom. The van der Waals surface area contributed by atoms with Gasteiger partial charge in [-0.1, -0.05) is 238 Å². The summed E-state index contributed by atoms with van der Waals surface area (Å²) >= 11 is 0. The molecule has 0 aliphatic heterocycles. The van der Waals surface area contributed by atoms with Gasteiger partial charge in [0.25, 0.3) is 0 Å². The number of aliphatic hydroxyl groups is 2. The van der Waals surface area contributed by atoms with E-state index in [1.807, 2.05) is 0 Å². The fourth-order valence-corrected chi connectivity index (χ4v) is 8.72. The highest BCUT2D eigenvalue weighted by atomic mass is 16.5. The molecule has 3 unspecified atom stereocenters. The lowest BCUT2D eigenvalue weighted by Crippen LogP contribution is -2.46. The van der Waals surface area contributed by atoms with Crippen molar-refractivity contribution < 1.29 is 24.5 Å². The highest BCUT2D eigenvalue weighted by Crippen LogP contribution is 2.18. The van der Waals surface area contributed by atoms with Crippen LogP contribution in [0, 0.1) is 0 Å². The topological polar surface area (TPSA) is 95.9 Å². The number of rotatable bonds is 51. The van der Waals surface area contributed by atoms with Crippen LogP contribution in [0.4, 0.5) is 0 Å². The van der Waals surface area contributed by atoms with E-state index in [9.17, 15) is 19.8 Å². The van der Waals surface area contributed by atoms with Gasteiger partial charge in [0.2, 0.25) is 5.91 Å². The molecule has 0 spiro atoms. The fourth-order valence-electron chi connectivity index (χ4n) is 8.72. The fraction of sp³-hybridized carbons (Fsp3) is 0.895. The van der Waals surface area contributed by atoms with Gasteiger partial charge < -0.3 is 20.3 Å². The van der Waals surface area contributed by atoms with Gasteiger partial charge in [0, 0.05) is 6.42 Å². The van der Waals surface area contributed by atoms with Crippen LogP contribution in [0.25, 0.3) is 0 Å². The predicted octanol–water partition coefficient (Wildman–Crippen LogP) is 17.1. The number of hydrogen-bond acceptors (Lipinski definition) is 5. The summed E-state index contributed by atoms with van der Waals surface area (Å²) in [6.07, 6.45) is 59.6. The summed E-state index contributed by atoms with van der Waals surface area (Å²) in [5.74, 6) is -0.486. The minimum absolute atomic E-state index is 0.0674. The molecule has 3 N–H and O–H groups in total. The van der Waals surface area contributed by atoms with Crippen LogP contribution in [0.5, 0.6) is 0 Å². The molecule has 3 atom stereocenters. The van der Waals surface area contributed by atoms with Gasteiger partial charge in [-0.3, -0.25) is 9.59 Å². The van der Waals surface area contributed by atoms with Crippen LogP contribution in [-0.4, -0.2) is 46.9 Å². The maximum absolute atomic E-state index is 13.2. The van der Waals surface area contributed by atoms with Crippen molar-refractivity contribution in [2.75, 3.05) is 6.61 Å². The van der Waals surface area contributed by atoms with E-state index in [1.54, 1.807) is 0 Å². The SMILES string of the molecule is CCCCC/C=C\CCCCCC(CC(=O)NC(CO)C(O)CCCCCCCCCCCCCCCCCC)OC(=O)CCCCCCC/C=C/CCCCCCCCCCC. The van der Waals surface area contributed by atoms with Gasteiger partial charge in [-0.2, -0.15) is 0 Å². The molecule has 0 aromatic rings. The number of carbonyl (C=O) groups is 2. The maximum Gasteiger partial charge on any atom is 0.306 e. The first-order chi connectivity index (χ1) is 31.0. The molecule has 0 rings (SSSR count). The zero-order valence-corrected chi connectivity index (χ0v) is 42.5. The van der Waals surface area contributed by atoms with Gasteiger partial charge in [-0.25, -0.2) is 0 Å². The summed E-state index contributed by atoms with van der Waals surface area (Å²) in [7, 11) is 0. The first-order valence-electron chi connectivity index (χ1n) is 28.1. The highest BCUT2D eigenvalue weighted by molar-refractivity contribution is 5.77. The molecular formula is C57H109NO5. The van der Waals surface area contributed by atoms with E-state index in [0.717, 1.165) is 70.6 Å². The van der Waals surface area contributed by atoms with Crippen molar-refractivity contribution in [3.63, 3.8) is 0 Å². The quantitative estimate of drug-likeness (QED) is 0.0321. The van der Waals surface area contributed by atoms with Crippen molar-refractivity contribution in [2.45, 2.75) is 322 Å². The molecular weight excluding hydrogens is 779 g/mol. The maximum atomic E-state index is 13.2.